The Hall–Kier alpha value is -6.17. The average Bonchev–Trinajstić information content (AvgIpc) is 3.27. The fourth-order valence-electron chi connectivity index (χ4n) is 5.52. The van der Waals surface area contributed by atoms with Crippen LogP contribution in [0.5, 0.6) is 0 Å². The Balaban J connectivity index is 1.53. The van der Waals surface area contributed by atoms with Crippen LogP contribution in [0.3, 0.4) is 0 Å². The molecule has 3 aromatic rings. The first-order valence-electron chi connectivity index (χ1n) is 20.8. The van der Waals surface area contributed by atoms with Crippen LogP contribution in [0.15, 0.2) is 91.0 Å². The highest BCUT2D eigenvalue weighted by atomic mass is 16.6. The van der Waals surface area contributed by atoms with Crippen molar-refractivity contribution in [3.05, 3.63) is 108 Å². The van der Waals surface area contributed by atoms with Crippen LogP contribution in [0, 0.1) is 0 Å². The van der Waals surface area contributed by atoms with Crippen LogP contribution in [0.2, 0.25) is 0 Å². The van der Waals surface area contributed by atoms with Crippen LogP contribution in [-0.4, -0.2) is 98.3 Å². The first kappa shape index (κ1) is 51.2. The second-order valence-corrected chi connectivity index (χ2v) is 15.3. The van der Waals surface area contributed by atoms with Crippen LogP contribution in [-0.2, 0) is 81.8 Å². The number of esters is 4. The summed E-state index contributed by atoms with van der Waals surface area (Å²) < 4.78 is 32.3. The molecule has 5 N–H and O–H groups in total. The minimum atomic E-state index is -1.32. The molecule has 0 fully saturated rings. The summed E-state index contributed by atoms with van der Waals surface area (Å²) in [5.74, 6) is -4.45. The third-order valence-electron chi connectivity index (χ3n) is 8.80. The Morgan fingerprint density at radius 2 is 1.05 bits per heavy atom. The molecule has 3 aromatic carbocycles. The quantitative estimate of drug-likeness (QED) is 0.0465. The van der Waals surface area contributed by atoms with Gasteiger partial charge in [0.25, 0.3) is 0 Å². The largest absolute Gasteiger partial charge is 0.461 e. The molecule has 0 bridgehead atoms. The van der Waals surface area contributed by atoms with E-state index >= 15 is 0 Å². The fourth-order valence-corrected chi connectivity index (χ4v) is 5.52. The average molecular weight is 877 g/mol. The molecule has 342 valence electrons. The van der Waals surface area contributed by atoms with E-state index in [4.69, 9.17) is 34.2 Å². The zero-order valence-electron chi connectivity index (χ0n) is 36.2. The molecule has 0 aliphatic heterocycles. The molecule has 3 rings (SSSR count). The van der Waals surface area contributed by atoms with Gasteiger partial charge in [0.2, 0.25) is 17.7 Å². The molecule has 17 nitrogen and oxygen atoms in total. The lowest BCUT2D eigenvalue weighted by atomic mass is 10.1. The molecule has 0 radical (unpaired) electrons. The number of benzene rings is 3. The molecule has 0 saturated heterocycles. The monoisotopic (exact) mass is 876 g/mol. The van der Waals surface area contributed by atoms with Gasteiger partial charge in [0, 0.05) is 25.8 Å². The van der Waals surface area contributed by atoms with Gasteiger partial charge in [0.1, 0.15) is 50.2 Å². The van der Waals surface area contributed by atoms with Crippen LogP contribution in [0.4, 0.5) is 0 Å². The molecule has 0 aliphatic carbocycles. The Kier molecular flexibility index (Phi) is 23.1. The Morgan fingerprint density at radius 3 is 1.57 bits per heavy atom. The molecule has 17 heteroatoms. The van der Waals surface area contributed by atoms with E-state index in [9.17, 15) is 33.6 Å². The van der Waals surface area contributed by atoms with Crippen LogP contribution >= 0.6 is 0 Å². The third kappa shape index (κ3) is 23.0. The molecule has 0 saturated carbocycles. The molecule has 3 unspecified atom stereocenters. The number of ether oxygens (including phenoxy) is 6. The van der Waals surface area contributed by atoms with Crippen molar-refractivity contribution >= 4 is 41.6 Å². The van der Waals surface area contributed by atoms with Gasteiger partial charge in [-0.3, -0.25) is 28.8 Å². The number of carbonyl (C=O) groups is 7. The van der Waals surface area contributed by atoms with Crippen molar-refractivity contribution in [2.24, 2.45) is 5.73 Å². The lowest BCUT2D eigenvalue weighted by Gasteiger charge is -2.22. The summed E-state index contributed by atoms with van der Waals surface area (Å²) in [6.07, 6.45) is -0.739. The van der Waals surface area contributed by atoms with Gasteiger partial charge in [0.05, 0.1) is 19.8 Å². The summed E-state index contributed by atoms with van der Waals surface area (Å²) in [5.41, 5.74) is 7.37. The van der Waals surface area contributed by atoms with E-state index in [-0.39, 0.29) is 90.6 Å². The molecule has 0 spiro atoms. The van der Waals surface area contributed by atoms with Gasteiger partial charge in [-0.15, -0.1) is 0 Å². The zero-order chi connectivity index (χ0) is 45.9. The SMILES string of the molecule is CC(C)(C)OC(=O)C(N)CCC(=O)NCCOCCOCC(=O)NC(CCC(=O)OCc1ccccc1)C(=O)NC(CCC(=O)OCc1ccccc1)C(=O)OCc1ccccc1. The van der Waals surface area contributed by atoms with E-state index in [1.54, 1.807) is 81.4 Å². The van der Waals surface area contributed by atoms with Gasteiger partial charge >= 0.3 is 23.9 Å². The molecule has 63 heavy (non-hydrogen) atoms. The Bertz CT molecular complexity index is 1880. The van der Waals surface area contributed by atoms with Crippen LogP contribution in [0.25, 0.3) is 0 Å². The highest BCUT2D eigenvalue weighted by Crippen LogP contribution is 2.12. The maximum Gasteiger partial charge on any atom is 0.328 e. The molecule has 3 amide bonds. The Labute approximate surface area is 368 Å². The fraction of sp³-hybridized carbons (Fsp3) is 0.457. The van der Waals surface area contributed by atoms with Gasteiger partial charge in [-0.2, -0.15) is 0 Å². The van der Waals surface area contributed by atoms with Gasteiger partial charge < -0.3 is 50.1 Å². The smallest absolute Gasteiger partial charge is 0.328 e. The Morgan fingerprint density at radius 1 is 0.556 bits per heavy atom. The summed E-state index contributed by atoms with van der Waals surface area (Å²) in [6.45, 7) is 5.02. The van der Waals surface area contributed by atoms with Gasteiger partial charge in [0.15, 0.2) is 0 Å². The number of hydrogen-bond donors (Lipinski definition) is 4. The minimum absolute atomic E-state index is 0.00539. The highest BCUT2D eigenvalue weighted by Gasteiger charge is 2.29. The normalized spacial score (nSPS) is 12.4. The maximum absolute atomic E-state index is 13.8. The third-order valence-corrected chi connectivity index (χ3v) is 8.80. The van der Waals surface area contributed by atoms with E-state index in [1.807, 2.05) is 30.3 Å². The number of rotatable bonds is 28. The summed E-state index contributed by atoms with van der Waals surface area (Å²) >= 11 is 0. The number of nitrogens with two attached hydrogens (primary N) is 1. The first-order valence-corrected chi connectivity index (χ1v) is 20.8. The van der Waals surface area contributed by atoms with Crippen molar-refractivity contribution in [2.75, 3.05) is 33.0 Å². The first-order chi connectivity index (χ1) is 30.2. The number of hydrogen-bond acceptors (Lipinski definition) is 14. The zero-order valence-corrected chi connectivity index (χ0v) is 36.2. The van der Waals surface area contributed by atoms with Gasteiger partial charge in [-0.1, -0.05) is 91.0 Å². The topological polar surface area (TPSA) is 237 Å². The molecular formula is C46H60N4O13. The highest BCUT2D eigenvalue weighted by molar-refractivity contribution is 5.91. The molecule has 3 atom stereocenters. The van der Waals surface area contributed by atoms with E-state index in [1.165, 1.54) is 0 Å². The summed E-state index contributed by atoms with van der Waals surface area (Å²) in [6, 6.07) is 23.4. The van der Waals surface area contributed by atoms with Crippen molar-refractivity contribution in [1.29, 1.82) is 0 Å². The predicted octanol–water partition coefficient (Wildman–Crippen LogP) is 3.35. The van der Waals surface area contributed by atoms with Crippen LogP contribution < -0.4 is 21.7 Å². The molecule has 0 heterocycles. The standard InChI is InChI=1S/C46H60N4O13/c1-46(2,3)63-44(56)36(47)19-22-39(51)48-25-26-58-27-28-59-32-40(52)49-37(20-23-41(53)60-29-33-13-7-4-8-14-33)43(55)50-38(45(57)62-31-35-17-11-6-12-18-35)21-24-42(54)61-30-34-15-9-5-10-16-34/h4-18,36-38H,19-32,47H2,1-3H3,(H,48,51)(H,49,52)(H,50,55). The summed E-state index contributed by atoms with van der Waals surface area (Å²) in [5, 5.41) is 7.82. The summed E-state index contributed by atoms with van der Waals surface area (Å²) in [7, 11) is 0. The summed E-state index contributed by atoms with van der Waals surface area (Å²) in [4.78, 5) is 89.7. The van der Waals surface area contributed by atoms with Gasteiger partial charge in [-0.25, -0.2) is 4.79 Å². The van der Waals surface area contributed by atoms with Gasteiger partial charge in [-0.05, 0) is 56.7 Å². The second kappa shape index (κ2) is 28.4. The lowest BCUT2D eigenvalue weighted by Crippen LogP contribution is -2.52. The van der Waals surface area contributed by atoms with E-state index in [0.29, 0.717) is 5.56 Å². The van der Waals surface area contributed by atoms with Crippen molar-refractivity contribution in [3.63, 3.8) is 0 Å². The minimum Gasteiger partial charge on any atom is -0.461 e. The van der Waals surface area contributed by atoms with Crippen molar-refractivity contribution in [2.45, 2.75) is 103 Å². The molecule has 0 aromatic heterocycles. The maximum atomic E-state index is 13.8. The second-order valence-electron chi connectivity index (χ2n) is 15.3. The number of amides is 3. The van der Waals surface area contributed by atoms with E-state index in [2.05, 4.69) is 16.0 Å². The van der Waals surface area contributed by atoms with E-state index in [0.717, 1.165) is 11.1 Å². The van der Waals surface area contributed by atoms with Crippen LogP contribution in [0.1, 0.15) is 76.0 Å². The van der Waals surface area contributed by atoms with Crippen molar-refractivity contribution in [3.8, 4) is 0 Å². The van der Waals surface area contributed by atoms with E-state index < -0.39 is 66.0 Å². The predicted molar refractivity (Wildman–Crippen MR) is 229 cm³/mol. The lowest BCUT2D eigenvalue weighted by molar-refractivity contribution is -0.156. The number of nitrogens with one attached hydrogen (secondary N) is 3. The molecule has 0 aliphatic rings. The number of carbonyl (C=O) groups excluding carboxylic acids is 7. The van der Waals surface area contributed by atoms with Crippen molar-refractivity contribution < 1.29 is 62.0 Å². The molecular weight excluding hydrogens is 817 g/mol. The van der Waals surface area contributed by atoms with Crippen molar-refractivity contribution in [1.82, 2.24) is 16.0 Å².